The van der Waals surface area contributed by atoms with Crippen molar-refractivity contribution in [1.29, 1.82) is 0 Å². The van der Waals surface area contributed by atoms with Crippen LogP contribution in [-0.4, -0.2) is 19.5 Å². The maximum Gasteiger partial charge on any atom is 0.167 e. The van der Waals surface area contributed by atoms with E-state index in [1.807, 2.05) is 12.1 Å². The molecule has 0 radical (unpaired) electrons. The molecule has 0 N–H and O–H groups in total. The molecule has 0 bridgehead atoms. The SMILES string of the molecule is c1ccc2cc(-c3nc(-c4cc5ccccc5c5ccccc45)nc(-c4cc(-n5c6ccccc6c6cc7ccccc7cc65)cc5c4oc4ccccc45)n3)ccc2c1. The van der Waals surface area contributed by atoms with Crippen LogP contribution >= 0.6 is 0 Å². The van der Waals surface area contributed by atoms with Gasteiger partial charge in [-0.1, -0.05) is 146 Å². The standard InChI is InChI=1S/C55H32N4O/c1-2-14-34-27-38(26-25-33(34)13-1)53-56-54(47-29-37-17-5-6-18-40(37)41-19-7-8-20-42(41)47)58-55(57-53)48-32-39(31-46-44-22-10-12-24-51(44)60-52(46)48)59-49-23-11-9-21-43(49)45-28-35-15-3-4-16-36(35)30-50(45)59/h1-32H. The van der Waals surface area contributed by atoms with Crippen LogP contribution in [0.4, 0.5) is 0 Å². The molecular weight excluding hydrogens is 733 g/mol. The highest BCUT2D eigenvalue weighted by Gasteiger charge is 2.23. The van der Waals surface area contributed by atoms with Crippen LogP contribution in [-0.2, 0) is 0 Å². The predicted octanol–water partition coefficient (Wildman–Crippen LogP) is 14.5. The number of para-hydroxylation sites is 2. The topological polar surface area (TPSA) is 56.7 Å². The monoisotopic (exact) mass is 764 g/mol. The molecule has 0 atom stereocenters. The van der Waals surface area contributed by atoms with Crippen molar-refractivity contribution in [3.05, 3.63) is 194 Å². The molecule has 0 unspecified atom stereocenters. The molecule has 278 valence electrons. The van der Waals surface area contributed by atoms with Crippen molar-refractivity contribution in [2.24, 2.45) is 0 Å². The summed E-state index contributed by atoms with van der Waals surface area (Å²) in [4.78, 5) is 16.1. The average molecular weight is 765 g/mol. The average Bonchev–Trinajstić information content (AvgIpc) is 3.85. The van der Waals surface area contributed by atoms with Crippen molar-refractivity contribution in [2.45, 2.75) is 0 Å². The van der Waals surface area contributed by atoms with Gasteiger partial charge in [0.1, 0.15) is 11.2 Å². The summed E-state index contributed by atoms with van der Waals surface area (Å²) in [6.07, 6.45) is 0. The zero-order valence-corrected chi connectivity index (χ0v) is 32.2. The molecule has 13 aromatic rings. The Balaban J connectivity index is 1.14. The van der Waals surface area contributed by atoms with Crippen LogP contribution in [0.25, 0.3) is 127 Å². The van der Waals surface area contributed by atoms with Gasteiger partial charge in [0.15, 0.2) is 17.5 Å². The van der Waals surface area contributed by atoms with E-state index in [2.05, 4.69) is 187 Å². The van der Waals surface area contributed by atoms with Crippen LogP contribution in [0.1, 0.15) is 0 Å². The van der Waals surface area contributed by atoms with Gasteiger partial charge in [-0.25, -0.2) is 15.0 Å². The van der Waals surface area contributed by atoms with Gasteiger partial charge in [0.05, 0.1) is 16.6 Å². The lowest BCUT2D eigenvalue weighted by Gasteiger charge is -2.14. The predicted molar refractivity (Wildman–Crippen MR) is 248 cm³/mol. The maximum absolute atomic E-state index is 6.81. The van der Waals surface area contributed by atoms with Gasteiger partial charge in [-0.15, -0.1) is 0 Å². The Morgan fingerprint density at radius 1 is 0.333 bits per heavy atom. The first-order valence-electron chi connectivity index (χ1n) is 20.3. The molecular formula is C55H32N4O. The highest BCUT2D eigenvalue weighted by Crippen LogP contribution is 2.42. The van der Waals surface area contributed by atoms with Gasteiger partial charge in [-0.3, -0.25) is 0 Å². The summed E-state index contributed by atoms with van der Waals surface area (Å²) in [7, 11) is 0. The van der Waals surface area contributed by atoms with Crippen molar-refractivity contribution in [1.82, 2.24) is 19.5 Å². The van der Waals surface area contributed by atoms with Crippen molar-refractivity contribution in [2.75, 3.05) is 0 Å². The van der Waals surface area contributed by atoms with Gasteiger partial charge >= 0.3 is 0 Å². The molecule has 0 fully saturated rings. The van der Waals surface area contributed by atoms with Crippen molar-refractivity contribution < 1.29 is 4.42 Å². The summed E-state index contributed by atoms with van der Waals surface area (Å²) in [6.45, 7) is 0. The van der Waals surface area contributed by atoms with Gasteiger partial charge in [0, 0.05) is 38.4 Å². The van der Waals surface area contributed by atoms with Crippen molar-refractivity contribution >= 4 is 86.8 Å². The van der Waals surface area contributed by atoms with E-state index in [1.54, 1.807) is 0 Å². The van der Waals surface area contributed by atoms with E-state index < -0.39 is 0 Å². The molecule has 0 saturated carbocycles. The number of benzene rings is 10. The first kappa shape index (κ1) is 32.9. The number of fused-ring (bicyclic) bond motifs is 11. The molecule has 5 nitrogen and oxygen atoms in total. The normalized spacial score (nSPS) is 12.0. The zero-order chi connectivity index (χ0) is 39.3. The second-order valence-corrected chi connectivity index (χ2v) is 15.6. The number of hydrogen-bond acceptors (Lipinski definition) is 4. The molecule has 0 aliphatic heterocycles. The molecule has 13 rings (SSSR count). The lowest BCUT2D eigenvalue weighted by atomic mass is 9.96. The smallest absolute Gasteiger partial charge is 0.167 e. The molecule has 0 amide bonds. The maximum atomic E-state index is 6.81. The minimum absolute atomic E-state index is 0.539. The summed E-state index contributed by atoms with van der Waals surface area (Å²) in [5, 5.41) is 13.7. The molecule has 60 heavy (non-hydrogen) atoms. The molecule has 3 heterocycles. The lowest BCUT2D eigenvalue weighted by molar-refractivity contribution is 0.669. The van der Waals surface area contributed by atoms with Crippen LogP contribution in [0.2, 0.25) is 0 Å². The quantitative estimate of drug-likeness (QED) is 0.167. The van der Waals surface area contributed by atoms with E-state index in [9.17, 15) is 0 Å². The Hall–Kier alpha value is -8.15. The van der Waals surface area contributed by atoms with Gasteiger partial charge < -0.3 is 8.98 Å². The Labute approximate surface area is 343 Å². The Morgan fingerprint density at radius 2 is 0.933 bits per heavy atom. The van der Waals surface area contributed by atoms with E-state index in [1.165, 1.54) is 26.9 Å². The first-order chi connectivity index (χ1) is 29.7. The molecule has 0 spiro atoms. The van der Waals surface area contributed by atoms with Crippen LogP contribution in [0, 0.1) is 0 Å². The summed E-state index contributed by atoms with van der Waals surface area (Å²) < 4.78 is 9.19. The molecule has 0 aliphatic carbocycles. The molecule has 5 heteroatoms. The van der Waals surface area contributed by atoms with Gasteiger partial charge in [0.25, 0.3) is 0 Å². The fourth-order valence-electron chi connectivity index (χ4n) is 9.35. The Bertz CT molecular complexity index is 3910. The zero-order valence-electron chi connectivity index (χ0n) is 32.2. The van der Waals surface area contributed by atoms with Crippen molar-refractivity contribution in [3.8, 4) is 39.9 Å². The Morgan fingerprint density at radius 3 is 1.75 bits per heavy atom. The second-order valence-electron chi connectivity index (χ2n) is 15.6. The number of aromatic nitrogens is 4. The van der Waals surface area contributed by atoms with Crippen molar-refractivity contribution in [3.63, 3.8) is 0 Å². The largest absolute Gasteiger partial charge is 0.455 e. The third-order valence-electron chi connectivity index (χ3n) is 12.2. The van der Waals surface area contributed by atoms with Crippen LogP contribution in [0.5, 0.6) is 0 Å². The van der Waals surface area contributed by atoms with E-state index in [-0.39, 0.29) is 0 Å². The molecule has 0 aliphatic rings. The fourth-order valence-corrected chi connectivity index (χ4v) is 9.35. The van der Waals surface area contributed by atoms with Crippen LogP contribution < -0.4 is 0 Å². The third kappa shape index (κ3) is 4.96. The minimum atomic E-state index is 0.539. The van der Waals surface area contributed by atoms with Gasteiger partial charge in [0.2, 0.25) is 0 Å². The molecule has 3 aromatic heterocycles. The first-order valence-corrected chi connectivity index (χ1v) is 20.3. The number of hydrogen-bond donors (Lipinski definition) is 0. The van der Waals surface area contributed by atoms with Crippen LogP contribution in [0.15, 0.2) is 199 Å². The fraction of sp³-hybridized carbons (Fsp3) is 0. The van der Waals surface area contributed by atoms with Gasteiger partial charge in [-0.2, -0.15) is 0 Å². The molecule has 0 saturated heterocycles. The van der Waals surface area contributed by atoms with E-state index in [0.29, 0.717) is 17.5 Å². The summed E-state index contributed by atoms with van der Waals surface area (Å²) >= 11 is 0. The lowest BCUT2D eigenvalue weighted by Crippen LogP contribution is -2.02. The minimum Gasteiger partial charge on any atom is -0.455 e. The molecule has 10 aromatic carbocycles. The summed E-state index contributed by atoms with van der Waals surface area (Å²) in [5.74, 6) is 1.73. The summed E-state index contributed by atoms with van der Waals surface area (Å²) in [6, 6.07) is 68.7. The van der Waals surface area contributed by atoms with E-state index in [0.717, 1.165) is 82.3 Å². The number of furan rings is 1. The number of rotatable bonds is 4. The van der Waals surface area contributed by atoms with E-state index >= 15 is 0 Å². The highest BCUT2D eigenvalue weighted by atomic mass is 16.3. The Kier molecular flexibility index (Phi) is 6.95. The summed E-state index contributed by atoms with van der Waals surface area (Å²) in [5.41, 5.74) is 7.44. The number of nitrogens with zero attached hydrogens (tertiary/aromatic N) is 4. The third-order valence-corrected chi connectivity index (χ3v) is 12.2. The van der Waals surface area contributed by atoms with E-state index in [4.69, 9.17) is 19.4 Å². The highest BCUT2D eigenvalue weighted by molar-refractivity contribution is 6.16. The van der Waals surface area contributed by atoms with Gasteiger partial charge in [-0.05, 0) is 91.6 Å². The van der Waals surface area contributed by atoms with Crippen LogP contribution in [0.3, 0.4) is 0 Å². The second kappa shape index (κ2) is 12.7.